The molecule has 0 aromatic heterocycles. The Kier molecular flexibility index (Phi) is 8.01. The summed E-state index contributed by atoms with van der Waals surface area (Å²) in [7, 11) is 0. The first-order chi connectivity index (χ1) is 16.3. The quantitative estimate of drug-likeness (QED) is 0.302. The molecule has 11 nitrogen and oxygen atoms in total. The van der Waals surface area contributed by atoms with Crippen molar-refractivity contribution < 1.29 is 24.4 Å². The van der Waals surface area contributed by atoms with Gasteiger partial charge in [-0.25, -0.2) is 0 Å². The van der Waals surface area contributed by atoms with Crippen molar-refractivity contribution in [2.75, 3.05) is 44.2 Å². The Hall–Kier alpha value is -4.15. The maximum Gasteiger partial charge on any atom is 0.293 e. The lowest BCUT2D eigenvalue weighted by Crippen LogP contribution is -2.48. The number of nitrogens with zero attached hydrogens (tertiary/aromatic N) is 3. The molecule has 2 aromatic rings. The van der Waals surface area contributed by atoms with Gasteiger partial charge < -0.3 is 25.5 Å². The molecule has 0 saturated carbocycles. The number of nitro benzene ring substituents is 1. The number of nitrogens with one attached hydrogen (secondary N) is 2. The Balaban J connectivity index is 1.52. The second kappa shape index (κ2) is 11.1. The highest BCUT2D eigenvalue weighted by Gasteiger charge is 2.25. The molecule has 1 aliphatic heterocycles. The van der Waals surface area contributed by atoms with E-state index in [0.29, 0.717) is 50.4 Å². The highest BCUT2D eigenvalue weighted by Crippen LogP contribution is 2.30. The summed E-state index contributed by atoms with van der Waals surface area (Å²) >= 11 is 0. The van der Waals surface area contributed by atoms with Crippen LogP contribution in [0.5, 0.6) is 5.75 Å². The Morgan fingerprint density at radius 2 is 1.59 bits per heavy atom. The Bertz CT molecular complexity index is 1080. The van der Waals surface area contributed by atoms with Crippen molar-refractivity contribution in [1.29, 1.82) is 0 Å². The van der Waals surface area contributed by atoms with Crippen LogP contribution in [0.4, 0.5) is 11.4 Å². The number of carbonyl (C=O) groups is 3. The van der Waals surface area contributed by atoms with Gasteiger partial charge in [-0.3, -0.25) is 24.5 Å². The van der Waals surface area contributed by atoms with Crippen LogP contribution in [-0.4, -0.2) is 71.9 Å². The van der Waals surface area contributed by atoms with Crippen molar-refractivity contribution in [2.24, 2.45) is 0 Å². The molecule has 0 aliphatic carbocycles. The van der Waals surface area contributed by atoms with Crippen LogP contribution in [0.1, 0.15) is 34.1 Å². The number of anilines is 1. The second-order valence-electron chi connectivity index (χ2n) is 7.87. The van der Waals surface area contributed by atoms with Crippen molar-refractivity contribution in [3.8, 4) is 5.75 Å². The average molecular weight is 469 g/mol. The third-order valence-corrected chi connectivity index (χ3v) is 5.53. The normalized spacial score (nSPS) is 13.3. The van der Waals surface area contributed by atoms with Crippen LogP contribution in [0.3, 0.4) is 0 Å². The van der Waals surface area contributed by atoms with Gasteiger partial charge in [0.05, 0.1) is 4.92 Å². The van der Waals surface area contributed by atoms with E-state index in [1.165, 1.54) is 25.1 Å². The fourth-order valence-corrected chi connectivity index (χ4v) is 3.68. The fourth-order valence-electron chi connectivity index (χ4n) is 3.68. The summed E-state index contributed by atoms with van der Waals surface area (Å²) in [6, 6.07) is 10.3. The lowest BCUT2D eigenvalue weighted by Gasteiger charge is -2.35. The minimum Gasteiger partial charge on any atom is -0.508 e. The number of phenols is 1. The minimum absolute atomic E-state index is 0.00153. The molecule has 3 rings (SSSR count). The lowest BCUT2D eigenvalue weighted by atomic mass is 10.1. The van der Waals surface area contributed by atoms with Crippen LogP contribution in [0.15, 0.2) is 42.5 Å². The standard InChI is InChI=1S/C23H27N5O6/c1-16(29)26-10-12-27(13-11-26)20-7-6-18(15-21(20)28(33)34)23(32)25-9-3-8-24-22(31)17-4-2-5-19(30)14-17/h2,4-7,14-15,30H,3,8-13H2,1H3,(H,24,31)(H,25,32). The first-order valence-corrected chi connectivity index (χ1v) is 10.9. The van der Waals surface area contributed by atoms with Gasteiger partial charge in [-0.2, -0.15) is 0 Å². The van der Waals surface area contributed by atoms with E-state index >= 15 is 0 Å². The Morgan fingerprint density at radius 1 is 0.971 bits per heavy atom. The molecule has 0 atom stereocenters. The number of aromatic hydroxyl groups is 1. The number of phenolic OH excluding ortho intramolecular Hbond substituents is 1. The van der Waals surface area contributed by atoms with E-state index in [9.17, 15) is 29.6 Å². The van der Waals surface area contributed by atoms with Crippen LogP contribution < -0.4 is 15.5 Å². The number of piperazine rings is 1. The number of rotatable bonds is 8. The molecule has 3 N–H and O–H groups in total. The zero-order valence-electron chi connectivity index (χ0n) is 18.8. The van der Waals surface area contributed by atoms with E-state index in [1.807, 2.05) is 4.90 Å². The fraction of sp³-hybridized carbons (Fsp3) is 0.348. The Morgan fingerprint density at radius 3 is 2.15 bits per heavy atom. The summed E-state index contributed by atoms with van der Waals surface area (Å²) in [6.07, 6.45) is 0.455. The van der Waals surface area contributed by atoms with Gasteiger partial charge in [0.15, 0.2) is 0 Å². The van der Waals surface area contributed by atoms with E-state index in [2.05, 4.69) is 10.6 Å². The molecule has 1 heterocycles. The first-order valence-electron chi connectivity index (χ1n) is 10.9. The summed E-state index contributed by atoms with van der Waals surface area (Å²) in [5, 5.41) is 26.5. The molecule has 180 valence electrons. The zero-order valence-corrected chi connectivity index (χ0v) is 18.8. The SMILES string of the molecule is CC(=O)N1CCN(c2ccc(C(=O)NCCCNC(=O)c3cccc(O)c3)cc2[N+](=O)[O-])CC1. The Labute approximate surface area is 196 Å². The van der Waals surface area contributed by atoms with Gasteiger partial charge in [-0.05, 0) is 36.8 Å². The number of amides is 3. The third kappa shape index (κ3) is 6.21. The molecule has 34 heavy (non-hydrogen) atoms. The van der Waals surface area contributed by atoms with Gasteiger partial charge in [0.2, 0.25) is 5.91 Å². The van der Waals surface area contributed by atoms with Crippen molar-refractivity contribution in [2.45, 2.75) is 13.3 Å². The van der Waals surface area contributed by atoms with E-state index < -0.39 is 10.8 Å². The first kappa shape index (κ1) is 24.5. The molecule has 0 spiro atoms. The van der Waals surface area contributed by atoms with Crippen LogP contribution in [0, 0.1) is 10.1 Å². The molecule has 1 fully saturated rings. The topological polar surface area (TPSA) is 145 Å². The monoisotopic (exact) mass is 469 g/mol. The molecule has 1 aliphatic rings. The smallest absolute Gasteiger partial charge is 0.293 e. The molecular formula is C23H27N5O6. The van der Waals surface area contributed by atoms with Gasteiger partial charge in [-0.15, -0.1) is 0 Å². The van der Waals surface area contributed by atoms with Crippen LogP contribution in [0.2, 0.25) is 0 Å². The van der Waals surface area contributed by atoms with Gasteiger partial charge in [0, 0.05) is 63.4 Å². The molecule has 0 radical (unpaired) electrons. The number of carbonyl (C=O) groups excluding carboxylic acids is 3. The lowest BCUT2D eigenvalue weighted by molar-refractivity contribution is -0.384. The van der Waals surface area contributed by atoms with Crippen LogP contribution >= 0.6 is 0 Å². The summed E-state index contributed by atoms with van der Waals surface area (Å²) in [5.41, 5.74) is 0.752. The molecular weight excluding hydrogens is 442 g/mol. The molecule has 2 aromatic carbocycles. The number of benzene rings is 2. The molecule has 1 saturated heterocycles. The van der Waals surface area contributed by atoms with Gasteiger partial charge in [0.25, 0.3) is 17.5 Å². The van der Waals surface area contributed by atoms with Crippen molar-refractivity contribution in [3.63, 3.8) is 0 Å². The maximum absolute atomic E-state index is 12.5. The molecule has 11 heteroatoms. The molecule has 0 bridgehead atoms. The summed E-state index contributed by atoms with van der Waals surface area (Å²) in [5.74, 6) is -0.814. The summed E-state index contributed by atoms with van der Waals surface area (Å²) in [4.78, 5) is 50.7. The third-order valence-electron chi connectivity index (χ3n) is 5.53. The van der Waals surface area contributed by atoms with E-state index in [1.54, 1.807) is 29.2 Å². The summed E-state index contributed by atoms with van der Waals surface area (Å²) in [6.45, 7) is 3.98. The largest absolute Gasteiger partial charge is 0.508 e. The predicted molar refractivity (Wildman–Crippen MR) is 125 cm³/mol. The van der Waals surface area contributed by atoms with Gasteiger partial charge in [-0.1, -0.05) is 6.07 Å². The van der Waals surface area contributed by atoms with Crippen molar-refractivity contribution >= 4 is 29.1 Å². The van der Waals surface area contributed by atoms with Gasteiger partial charge in [0.1, 0.15) is 11.4 Å². The second-order valence-corrected chi connectivity index (χ2v) is 7.87. The maximum atomic E-state index is 12.5. The van der Waals surface area contributed by atoms with E-state index in [-0.39, 0.29) is 35.4 Å². The van der Waals surface area contributed by atoms with Crippen LogP contribution in [-0.2, 0) is 4.79 Å². The predicted octanol–water partition coefficient (Wildman–Crippen LogP) is 1.52. The van der Waals surface area contributed by atoms with E-state index in [4.69, 9.17) is 0 Å². The average Bonchev–Trinajstić information content (AvgIpc) is 2.83. The van der Waals surface area contributed by atoms with Crippen molar-refractivity contribution in [3.05, 3.63) is 63.7 Å². The zero-order chi connectivity index (χ0) is 24.7. The highest BCUT2D eigenvalue weighted by atomic mass is 16.6. The molecule has 3 amide bonds. The highest BCUT2D eigenvalue weighted by molar-refractivity contribution is 5.96. The number of nitro groups is 1. The number of hydrogen-bond acceptors (Lipinski definition) is 7. The van der Waals surface area contributed by atoms with Gasteiger partial charge >= 0.3 is 0 Å². The summed E-state index contributed by atoms with van der Waals surface area (Å²) < 4.78 is 0. The van der Waals surface area contributed by atoms with E-state index in [0.717, 1.165) is 0 Å². The number of hydrogen-bond donors (Lipinski definition) is 3. The van der Waals surface area contributed by atoms with Crippen LogP contribution in [0.25, 0.3) is 0 Å². The van der Waals surface area contributed by atoms with Crippen molar-refractivity contribution in [1.82, 2.24) is 15.5 Å². The minimum atomic E-state index is -0.514. The molecule has 0 unspecified atom stereocenters.